The molecule has 7 heteroatoms. The average molecular weight is 243 g/mol. The minimum Gasteiger partial charge on any atom is -0.385 e. The van der Waals surface area contributed by atoms with Gasteiger partial charge in [0.15, 0.2) is 0 Å². The molecule has 0 bridgehead atoms. The minimum absolute atomic E-state index is 0.144. The molecular formula is C10H13NO6. The second-order valence-electron chi connectivity index (χ2n) is 2.71. The summed E-state index contributed by atoms with van der Waals surface area (Å²) in [4.78, 5) is 32.8. The van der Waals surface area contributed by atoms with E-state index in [0.29, 0.717) is 0 Å². The molecule has 0 aromatic heterocycles. The van der Waals surface area contributed by atoms with E-state index in [2.05, 4.69) is 27.4 Å². The highest BCUT2D eigenvalue weighted by molar-refractivity contribution is 5.83. The van der Waals surface area contributed by atoms with Crippen molar-refractivity contribution in [1.29, 1.82) is 0 Å². The van der Waals surface area contributed by atoms with Crippen molar-refractivity contribution >= 4 is 18.0 Å². The molecule has 0 aliphatic heterocycles. The van der Waals surface area contributed by atoms with Crippen molar-refractivity contribution < 1.29 is 28.6 Å². The number of nitrogens with two attached hydrogens (primary N) is 1. The van der Waals surface area contributed by atoms with Crippen molar-refractivity contribution in [3.05, 3.63) is 25.3 Å². The fourth-order valence-electron chi connectivity index (χ4n) is 0.822. The zero-order valence-corrected chi connectivity index (χ0v) is 9.30. The van der Waals surface area contributed by atoms with Gasteiger partial charge in [0.05, 0.1) is 6.42 Å². The Morgan fingerprint density at radius 1 is 1.12 bits per heavy atom. The summed E-state index contributed by atoms with van der Waals surface area (Å²) in [6, 6.07) is 0. The SMILES string of the molecule is C=CC(=O)OC(CC)(OC(N)=O)OC(=O)C=C. The van der Waals surface area contributed by atoms with E-state index in [9.17, 15) is 14.4 Å². The van der Waals surface area contributed by atoms with E-state index < -0.39 is 24.0 Å². The van der Waals surface area contributed by atoms with Gasteiger partial charge in [0.2, 0.25) is 0 Å². The van der Waals surface area contributed by atoms with Crippen molar-refractivity contribution in [2.45, 2.75) is 19.3 Å². The fourth-order valence-corrected chi connectivity index (χ4v) is 0.822. The van der Waals surface area contributed by atoms with Crippen molar-refractivity contribution in [1.82, 2.24) is 0 Å². The van der Waals surface area contributed by atoms with Crippen molar-refractivity contribution in [2.24, 2.45) is 5.73 Å². The first-order chi connectivity index (χ1) is 7.89. The molecule has 0 atom stereocenters. The molecule has 1 amide bonds. The van der Waals surface area contributed by atoms with Crippen LogP contribution in [0.15, 0.2) is 25.3 Å². The predicted molar refractivity (Wildman–Crippen MR) is 56.3 cm³/mol. The second-order valence-corrected chi connectivity index (χ2v) is 2.71. The fraction of sp³-hybridized carbons (Fsp3) is 0.300. The quantitative estimate of drug-likeness (QED) is 0.416. The number of esters is 2. The van der Waals surface area contributed by atoms with E-state index in [0.717, 1.165) is 12.2 Å². The van der Waals surface area contributed by atoms with Crippen molar-refractivity contribution in [2.75, 3.05) is 0 Å². The lowest BCUT2D eigenvalue weighted by molar-refractivity contribution is -0.317. The maximum absolute atomic E-state index is 11.0. The summed E-state index contributed by atoms with van der Waals surface area (Å²) in [6.45, 7) is 7.76. The van der Waals surface area contributed by atoms with Gasteiger partial charge in [-0.15, -0.1) is 0 Å². The zero-order valence-electron chi connectivity index (χ0n) is 9.30. The lowest BCUT2D eigenvalue weighted by atomic mass is 10.4. The molecule has 7 nitrogen and oxygen atoms in total. The van der Waals surface area contributed by atoms with Crippen molar-refractivity contribution in [3.63, 3.8) is 0 Å². The third-order valence-electron chi connectivity index (χ3n) is 1.53. The summed E-state index contributed by atoms with van der Waals surface area (Å²) in [6.07, 6.45) is 0.225. The van der Waals surface area contributed by atoms with E-state index in [1.165, 1.54) is 6.92 Å². The Kier molecular flexibility index (Phi) is 5.45. The van der Waals surface area contributed by atoms with Crippen LogP contribution >= 0.6 is 0 Å². The number of carbonyl (C=O) groups excluding carboxylic acids is 3. The Hall–Kier alpha value is -2.31. The highest BCUT2D eigenvalue weighted by atomic mass is 16.9. The third-order valence-corrected chi connectivity index (χ3v) is 1.53. The molecular weight excluding hydrogens is 230 g/mol. The first-order valence-corrected chi connectivity index (χ1v) is 4.58. The molecule has 0 aliphatic carbocycles. The molecule has 0 saturated heterocycles. The Balaban J connectivity index is 5.04. The van der Waals surface area contributed by atoms with Crippen LogP contribution in [0.25, 0.3) is 0 Å². The molecule has 0 radical (unpaired) electrons. The Labute approximate surface area is 97.8 Å². The topological polar surface area (TPSA) is 105 Å². The molecule has 0 unspecified atom stereocenters. The summed E-state index contributed by atoms with van der Waals surface area (Å²) in [7, 11) is 0. The number of carbonyl (C=O) groups is 3. The van der Waals surface area contributed by atoms with Crippen LogP contribution in [-0.2, 0) is 23.8 Å². The first kappa shape index (κ1) is 14.7. The van der Waals surface area contributed by atoms with Gasteiger partial charge in [-0.3, -0.25) is 0 Å². The van der Waals surface area contributed by atoms with Gasteiger partial charge in [0, 0.05) is 12.2 Å². The minimum atomic E-state index is -2.21. The number of rotatable bonds is 6. The van der Waals surface area contributed by atoms with E-state index >= 15 is 0 Å². The normalized spacial score (nSPS) is 9.94. The van der Waals surface area contributed by atoms with Gasteiger partial charge in [0.1, 0.15) is 0 Å². The molecule has 0 saturated carbocycles. The Morgan fingerprint density at radius 3 is 1.76 bits per heavy atom. The van der Waals surface area contributed by atoms with Crippen LogP contribution < -0.4 is 5.73 Å². The van der Waals surface area contributed by atoms with Gasteiger partial charge in [-0.1, -0.05) is 20.1 Å². The van der Waals surface area contributed by atoms with Gasteiger partial charge in [-0.2, -0.15) is 0 Å². The largest absolute Gasteiger partial charge is 0.424 e. The van der Waals surface area contributed by atoms with Crippen LogP contribution in [-0.4, -0.2) is 24.0 Å². The van der Waals surface area contributed by atoms with Crippen LogP contribution in [0.5, 0.6) is 0 Å². The highest BCUT2D eigenvalue weighted by Crippen LogP contribution is 2.21. The average Bonchev–Trinajstić information content (AvgIpc) is 2.27. The molecule has 0 rings (SSSR count). The van der Waals surface area contributed by atoms with Crippen LogP contribution in [0.2, 0.25) is 0 Å². The van der Waals surface area contributed by atoms with Crippen LogP contribution in [0.4, 0.5) is 4.79 Å². The number of primary amides is 1. The summed E-state index contributed by atoms with van der Waals surface area (Å²) < 4.78 is 13.8. The second kappa shape index (κ2) is 6.31. The third kappa shape index (κ3) is 4.83. The predicted octanol–water partition coefficient (Wildman–Crippen LogP) is 0.604. The van der Waals surface area contributed by atoms with E-state index in [4.69, 9.17) is 5.73 Å². The van der Waals surface area contributed by atoms with Crippen LogP contribution in [0.3, 0.4) is 0 Å². The zero-order chi connectivity index (χ0) is 13.5. The molecule has 2 N–H and O–H groups in total. The monoisotopic (exact) mass is 243 g/mol. The first-order valence-electron chi connectivity index (χ1n) is 4.58. The van der Waals surface area contributed by atoms with Crippen LogP contribution in [0, 0.1) is 0 Å². The molecule has 0 aromatic rings. The number of hydrogen-bond donors (Lipinski definition) is 1. The number of ether oxygens (including phenoxy) is 3. The van der Waals surface area contributed by atoms with Gasteiger partial charge < -0.3 is 19.9 Å². The van der Waals surface area contributed by atoms with Crippen molar-refractivity contribution in [3.8, 4) is 0 Å². The smallest absolute Gasteiger partial charge is 0.385 e. The van der Waals surface area contributed by atoms with E-state index in [-0.39, 0.29) is 6.42 Å². The lowest BCUT2D eigenvalue weighted by Gasteiger charge is -2.28. The summed E-state index contributed by atoms with van der Waals surface area (Å²) in [5, 5.41) is 0. The summed E-state index contributed by atoms with van der Waals surface area (Å²) in [5.41, 5.74) is 4.79. The van der Waals surface area contributed by atoms with E-state index in [1.807, 2.05) is 0 Å². The summed E-state index contributed by atoms with van der Waals surface area (Å²) in [5.74, 6) is -4.09. The highest BCUT2D eigenvalue weighted by Gasteiger charge is 2.40. The van der Waals surface area contributed by atoms with Crippen LogP contribution in [0.1, 0.15) is 13.3 Å². The molecule has 17 heavy (non-hydrogen) atoms. The van der Waals surface area contributed by atoms with Gasteiger partial charge in [0.25, 0.3) is 0 Å². The molecule has 0 aliphatic rings. The molecule has 0 aromatic carbocycles. The number of hydrogen-bond acceptors (Lipinski definition) is 6. The Bertz CT molecular complexity index is 327. The van der Waals surface area contributed by atoms with Gasteiger partial charge >= 0.3 is 24.0 Å². The molecule has 94 valence electrons. The number of amides is 1. The van der Waals surface area contributed by atoms with Gasteiger partial charge in [-0.25, -0.2) is 14.4 Å². The van der Waals surface area contributed by atoms with E-state index in [1.54, 1.807) is 0 Å². The van der Waals surface area contributed by atoms with Gasteiger partial charge in [-0.05, 0) is 0 Å². The maximum Gasteiger partial charge on any atom is 0.424 e. The summed E-state index contributed by atoms with van der Waals surface area (Å²) >= 11 is 0. The molecule has 0 fully saturated rings. The standard InChI is InChI=1S/C10H13NO6/c1-4-7(12)15-10(6-3,17-9(11)14)16-8(13)5-2/h4-5H,1-2,6H2,3H3,(H2,11,14). The maximum atomic E-state index is 11.0. The molecule has 0 spiro atoms. The molecule has 0 heterocycles. The Morgan fingerprint density at radius 2 is 1.53 bits per heavy atom. The lowest BCUT2D eigenvalue weighted by Crippen LogP contribution is -2.44.